The predicted octanol–water partition coefficient (Wildman–Crippen LogP) is 5.81. The second kappa shape index (κ2) is 6.46. The van der Waals surface area contributed by atoms with Gasteiger partial charge < -0.3 is 4.74 Å². The Balaban J connectivity index is 1.93. The monoisotopic (exact) mass is 332 g/mol. The van der Waals surface area contributed by atoms with Gasteiger partial charge in [-0.05, 0) is 22.8 Å². The molecular weight excluding hydrogens is 312 g/mol. The molecule has 1 atom stereocenters. The van der Waals surface area contributed by atoms with Crippen LogP contribution in [0.4, 0.5) is 0 Å². The second-order valence-electron chi connectivity index (χ2n) is 6.13. The third-order valence-corrected chi connectivity index (χ3v) is 6.37. The largest absolute Gasteiger partial charge is 0.377 e. The van der Waals surface area contributed by atoms with E-state index in [-0.39, 0.29) is 10.9 Å². The van der Waals surface area contributed by atoms with Crippen molar-refractivity contribution in [3.8, 4) is 0 Å². The quantitative estimate of drug-likeness (QED) is 0.598. The Hall–Kier alpha value is -2.03. The van der Waals surface area contributed by atoms with Gasteiger partial charge in [0.2, 0.25) is 0 Å². The topological polar surface area (TPSA) is 9.23 Å². The molecule has 0 aromatic heterocycles. The molecule has 1 aliphatic rings. The lowest BCUT2D eigenvalue weighted by Crippen LogP contribution is -2.30. The number of fused-ring (bicyclic) bond motifs is 1. The molecule has 1 nitrogen and oxygen atoms in total. The number of ether oxygens (including phenoxy) is 1. The van der Waals surface area contributed by atoms with Gasteiger partial charge in [-0.15, -0.1) is 11.8 Å². The van der Waals surface area contributed by atoms with Gasteiger partial charge in [0.1, 0.15) is 0 Å². The zero-order valence-corrected chi connectivity index (χ0v) is 14.5. The van der Waals surface area contributed by atoms with Crippen molar-refractivity contribution in [1.82, 2.24) is 0 Å². The maximum Gasteiger partial charge on any atom is 0.0851 e. The zero-order chi connectivity index (χ0) is 16.4. The minimum absolute atomic E-state index is 0.0999. The third-order valence-electron chi connectivity index (χ3n) is 4.79. The van der Waals surface area contributed by atoms with Crippen molar-refractivity contribution in [3.05, 3.63) is 102 Å². The Labute approximate surface area is 147 Å². The van der Waals surface area contributed by atoms with E-state index < -0.39 is 0 Å². The van der Waals surface area contributed by atoms with Gasteiger partial charge in [-0.2, -0.15) is 0 Å². The first kappa shape index (κ1) is 15.5. The lowest BCUT2D eigenvalue weighted by atomic mass is 9.83. The molecule has 0 bridgehead atoms. The summed E-state index contributed by atoms with van der Waals surface area (Å²) in [6.07, 6.45) is 1.03. The third kappa shape index (κ3) is 2.56. The fraction of sp³-hybridized carbons (Fsp3) is 0.182. The van der Waals surface area contributed by atoms with Crippen LogP contribution in [0.25, 0.3) is 0 Å². The molecule has 0 spiro atoms. The van der Waals surface area contributed by atoms with Crippen LogP contribution in [0.15, 0.2) is 89.8 Å². The van der Waals surface area contributed by atoms with E-state index >= 15 is 0 Å². The average Bonchev–Trinajstić information content (AvgIpc) is 2.68. The normalized spacial score (nSPS) is 18.8. The van der Waals surface area contributed by atoms with Crippen LogP contribution in [0.3, 0.4) is 0 Å². The molecule has 0 amide bonds. The molecule has 3 aromatic rings. The highest BCUT2D eigenvalue weighted by molar-refractivity contribution is 8.00. The fourth-order valence-corrected chi connectivity index (χ4v) is 5.17. The first-order chi connectivity index (χ1) is 11.8. The number of hydrogen-bond donors (Lipinski definition) is 0. The van der Waals surface area contributed by atoms with Crippen LogP contribution in [0, 0.1) is 0 Å². The van der Waals surface area contributed by atoms with E-state index in [2.05, 4.69) is 84.9 Å². The van der Waals surface area contributed by atoms with Crippen molar-refractivity contribution in [2.75, 3.05) is 7.11 Å². The number of thioether (sulfide) groups is 1. The van der Waals surface area contributed by atoms with Crippen LogP contribution < -0.4 is 0 Å². The highest BCUT2D eigenvalue weighted by Gasteiger charge is 2.42. The Morgan fingerprint density at radius 1 is 0.792 bits per heavy atom. The standard InChI is InChI=1S/C22H20OS/c1-23-20-16-22(17-10-4-2-5-11-17,18-12-6-3-7-13-18)24-21-15-9-8-14-19(20)21/h2-15,20H,16H2,1H3/t20-/m1/s1. The molecule has 0 aliphatic carbocycles. The lowest BCUT2D eigenvalue weighted by molar-refractivity contribution is 0.0843. The summed E-state index contributed by atoms with van der Waals surface area (Å²) in [6.45, 7) is 0. The summed E-state index contributed by atoms with van der Waals surface area (Å²) in [5, 5.41) is 0. The number of rotatable bonds is 3. The average molecular weight is 332 g/mol. The molecular formula is C22H20OS. The van der Waals surface area contributed by atoms with Gasteiger partial charge in [-0.1, -0.05) is 78.9 Å². The number of benzene rings is 3. The SMILES string of the molecule is CO[C@@H]1CC(c2ccccc2)(c2ccccc2)Sc2ccccc21. The van der Waals surface area contributed by atoms with Crippen LogP contribution in [0.2, 0.25) is 0 Å². The maximum absolute atomic E-state index is 5.90. The second-order valence-corrected chi connectivity index (χ2v) is 7.47. The Morgan fingerprint density at radius 2 is 1.33 bits per heavy atom. The summed E-state index contributed by atoms with van der Waals surface area (Å²) in [5.41, 5.74) is 3.96. The molecule has 3 aromatic carbocycles. The molecule has 0 N–H and O–H groups in total. The molecule has 0 fully saturated rings. The van der Waals surface area contributed by atoms with E-state index in [1.807, 2.05) is 18.9 Å². The summed E-state index contributed by atoms with van der Waals surface area (Å²) in [7, 11) is 1.82. The molecule has 2 heteroatoms. The molecule has 0 saturated heterocycles. The fourth-order valence-electron chi connectivity index (χ4n) is 3.59. The maximum atomic E-state index is 5.90. The van der Waals surface area contributed by atoms with Gasteiger partial charge in [0, 0.05) is 18.4 Å². The van der Waals surface area contributed by atoms with E-state index in [0.717, 1.165) is 6.42 Å². The minimum Gasteiger partial charge on any atom is -0.377 e. The molecule has 0 unspecified atom stereocenters. The summed E-state index contributed by atoms with van der Waals surface area (Å²) in [4.78, 5) is 1.31. The van der Waals surface area contributed by atoms with Crippen LogP contribution in [0.5, 0.6) is 0 Å². The molecule has 1 aliphatic heterocycles. The van der Waals surface area contributed by atoms with Gasteiger partial charge in [-0.25, -0.2) is 0 Å². The van der Waals surface area contributed by atoms with Gasteiger partial charge in [0.25, 0.3) is 0 Å². The zero-order valence-electron chi connectivity index (χ0n) is 13.7. The van der Waals surface area contributed by atoms with Crippen LogP contribution in [-0.4, -0.2) is 7.11 Å². The summed E-state index contributed by atoms with van der Waals surface area (Å²) in [5.74, 6) is 0. The molecule has 24 heavy (non-hydrogen) atoms. The Morgan fingerprint density at radius 3 is 1.92 bits per heavy atom. The van der Waals surface area contributed by atoms with Crippen molar-refractivity contribution in [2.45, 2.75) is 22.2 Å². The van der Waals surface area contributed by atoms with Crippen molar-refractivity contribution >= 4 is 11.8 Å². The van der Waals surface area contributed by atoms with Gasteiger partial charge >= 0.3 is 0 Å². The van der Waals surface area contributed by atoms with E-state index in [1.54, 1.807) is 0 Å². The van der Waals surface area contributed by atoms with Crippen molar-refractivity contribution in [3.63, 3.8) is 0 Å². The van der Waals surface area contributed by atoms with Gasteiger partial charge in [0.05, 0.1) is 10.9 Å². The Kier molecular flexibility index (Phi) is 4.17. The van der Waals surface area contributed by atoms with Crippen LogP contribution >= 0.6 is 11.8 Å². The van der Waals surface area contributed by atoms with E-state index in [9.17, 15) is 0 Å². The summed E-state index contributed by atoms with van der Waals surface area (Å²) < 4.78 is 5.78. The first-order valence-electron chi connectivity index (χ1n) is 8.25. The van der Waals surface area contributed by atoms with E-state index in [4.69, 9.17) is 4.74 Å². The van der Waals surface area contributed by atoms with Crippen molar-refractivity contribution in [1.29, 1.82) is 0 Å². The number of hydrogen-bond acceptors (Lipinski definition) is 2. The van der Waals surface area contributed by atoms with Crippen molar-refractivity contribution in [2.24, 2.45) is 0 Å². The van der Waals surface area contributed by atoms with E-state index in [1.165, 1.54) is 21.6 Å². The predicted molar refractivity (Wildman–Crippen MR) is 100 cm³/mol. The molecule has 1 heterocycles. The lowest BCUT2D eigenvalue weighted by Gasteiger charge is -2.41. The van der Waals surface area contributed by atoms with E-state index in [0.29, 0.717) is 0 Å². The highest BCUT2D eigenvalue weighted by atomic mass is 32.2. The molecule has 120 valence electrons. The smallest absolute Gasteiger partial charge is 0.0851 e. The summed E-state index contributed by atoms with van der Waals surface area (Å²) >= 11 is 1.95. The number of methoxy groups -OCH3 is 1. The van der Waals surface area contributed by atoms with Crippen molar-refractivity contribution < 1.29 is 4.74 Å². The van der Waals surface area contributed by atoms with Gasteiger partial charge in [-0.3, -0.25) is 0 Å². The summed E-state index contributed by atoms with van der Waals surface area (Å²) in [6, 6.07) is 30.2. The molecule has 4 rings (SSSR count). The highest BCUT2D eigenvalue weighted by Crippen LogP contribution is 2.57. The molecule has 0 radical (unpaired) electrons. The van der Waals surface area contributed by atoms with Crippen LogP contribution in [-0.2, 0) is 9.48 Å². The van der Waals surface area contributed by atoms with Gasteiger partial charge in [0.15, 0.2) is 0 Å². The minimum atomic E-state index is -0.127. The van der Waals surface area contributed by atoms with Crippen LogP contribution in [0.1, 0.15) is 29.2 Å². The molecule has 0 saturated carbocycles. The Bertz CT molecular complexity index is 774. The first-order valence-corrected chi connectivity index (χ1v) is 9.07.